The first-order valence-electron chi connectivity index (χ1n) is 13.7. The van der Waals surface area contributed by atoms with Crippen LogP contribution < -0.4 is 0 Å². The van der Waals surface area contributed by atoms with Crippen molar-refractivity contribution in [1.82, 2.24) is 0 Å². The zero-order valence-corrected chi connectivity index (χ0v) is 22.2. The topological polar surface area (TPSA) is 40.5 Å². The molecule has 2 heteroatoms. The maximum Gasteiger partial charge on any atom is 0.0595 e. The summed E-state index contributed by atoms with van der Waals surface area (Å²) in [5.74, 6) is 1.47. The van der Waals surface area contributed by atoms with Crippen LogP contribution in [-0.4, -0.2) is 22.4 Å². The van der Waals surface area contributed by atoms with Gasteiger partial charge in [0.05, 0.1) is 12.2 Å². The first-order valence-corrected chi connectivity index (χ1v) is 13.7. The van der Waals surface area contributed by atoms with Gasteiger partial charge in [0.15, 0.2) is 0 Å². The number of fused-ring (bicyclic) bond motifs is 7. The van der Waals surface area contributed by atoms with Gasteiger partial charge in [-0.15, -0.1) is 0 Å². The molecule has 2 nitrogen and oxygen atoms in total. The van der Waals surface area contributed by atoms with E-state index in [4.69, 9.17) is 0 Å². The number of rotatable bonds is 0. The third-order valence-corrected chi connectivity index (χ3v) is 12.9. The Hall–Kier alpha value is -0.340. The molecule has 0 bridgehead atoms. The Morgan fingerprint density at radius 2 is 1.47 bits per heavy atom. The summed E-state index contributed by atoms with van der Waals surface area (Å²) in [6, 6.07) is 0. The highest BCUT2D eigenvalue weighted by Crippen LogP contribution is 2.75. The third kappa shape index (κ3) is 2.78. The lowest BCUT2D eigenvalue weighted by molar-refractivity contribution is -0.241. The minimum Gasteiger partial charge on any atom is -0.393 e. The van der Waals surface area contributed by atoms with Crippen molar-refractivity contribution in [1.29, 1.82) is 0 Å². The van der Waals surface area contributed by atoms with Gasteiger partial charge in [-0.3, -0.25) is 0 Å². The van der Waals surface area contributed by atoms with Gasteiger partial charge in [0.1, 0.15) is 0 Å². The predicted octanol–water partition coefficient (Wildman–Crippen LogP) is 7.14. The van der Waals surface area contributed by atoms with E-state index in [-0.39, 0.29) is 39.8 Å². The van der Waals surface area contributed by atoms with E-state index < -0.39 is 0 Å². The molecule has 32 heavy (non-hydrogen) atoms. The highest BCUT2D eigenvalue weighted by Gasteiger charge is 2.69. The van der Waals surface area contributed by atoms with Crippen LogP contribution in [0.3, 0.4) is 0 Å². The molecule has 0 radical (unpaired) electrons. The largest absolute Gasteiger partial charge is 0.393 e. The van der Waals surface area contributed by atoms with Crippen LogP contribution >= 0.6 is 0 Å². The van der Waals surface area contributed by atoms with Crippen molar-refractivity contribution in [2.24, 2.45) is 50.2 Å². The third-order valence-electron chi connectivity index (χ3n) is 12.9. The highest BCUT2D eigenvalue weighted by atomic mass is 16.3. The van der Waals surface area contributed by atoms with Gasteiger partial charge in [-0.2, -0.15) is 0 Å². The van der Waals surface area contributed by atoms with Crippen LogP contribution in [0.2, 0.25) is 0 Å². The summed E-state index contributed by atoms with van der Waals surface area (Å²) in [6.07, 6.45) is 12.8. The van der Waals surface area contributed by atoms with Gasteiger partial charge in [-0.25, -0.2) is 0 Å². The Morgan fingerprint density at radius 3 is 2.16 bits per heavy atom. The fourth-order valence-corrected chi connectivity index (χ4v) is 10.7. The van der Waals surface area contributed by atoms with Crippen LogP contribution in [-0.2, 0) is 0 Å². The normalized spacial score (nSPS) is 56.2. The maximum absolute atomic E-state index is 11.8. The number of aliphatic hydroxyl groups is 2. The van der Waals surface area contributed by atoms with Crippen LogP contribution in [0.25, 0.3) is 0 Å². The van der Waals surface area contributed by atoms with Crippen molar-refractivity contribution in [3.63, 3.8) is 0 Å². The van der Waals surface area contributed by atoms with Crippen molar-refractivity contribution < 1.29 is 10.2 Å². The van der Waals surface area contributed by atoms with E-state index >= 15 is 0 Å². The van der Waals surface area contributed by atoms with Gasteiger partial charge in [-0.05, 0) is 108 Å². The summed E-state index contributed by atoms with van der Waals surface area (Å²) in [7, 11) is 0. The molecule has 4 fully saturated rings. The molecule has 0 aromatic carbocycles. The van der Waals surface area contributed by atoms with Crippen molar-refractivity contribution in [3.8, 4) is 0 Å². The number of aliphatic hydroxyl groups excluding tert-OH is 2. The van der Waals surface area contributed by atoms with Crippen molar-refractivity contribution >= 4 is 0 Å². The Bertz CT molecular complexity index is 825. The Kier molecular flexibility index (Phi) is 4.87. The van der Waals surface area contributed by atoms with Crippen LogP contribution in [0, 0.1) is 50.2 Å². The van der Waals surface area contributed by atoms with Crippen LogP contribution in [0.5, 0.6) is 0 Å². The van der Waals surface area contributed by atoms with Gasteiger partial charge < -0.3 is 10.2 Å². The number of hydrogen-bond donors (Lipinski definition) is 2. The van der Waals surface area contributed by atoms with Crippen molar-refractivity contribution in [3.05, 3.63) is 11.6 Å². The van der Waals surface area contributed by atoms with E-state index in [0.29, 0.717) is 22.7 Å². The van der Waals surface area contributed by atoms with Crippen LogP contribution in [0.15, 0.2) is 11.6 Å². The van der Waals surface area contributed by atoms with E-state index in [9.17, 15) is 10.2 Å². The molecular weight excluding hydrogens is 392 g/mol. The van der Waals surface area contributed by atoms with E-state index in [1.165, 1.54) is 38.5 Å². The Morgan fingerprint density at radius 1 is 0.812 bits per heavy atom. The first-order chi connectivity index (χ1) is 14.6. The smallest absolute Gasteiger partial charge is 0.0595 e. The standard InChI is InChI=1S/C30H50O2/c1-25(2)13-14-27(5)15-16-29(7)19(20(27)17-25)9-10-22-28(6)12-11-23(32)26(3,4)24(28)21(31)18-30(22,29)8/h9,20-24,31-32H,10-18H2,1-8H3/t20-,21+,22-,23+,24?,27-,28-,29-,30-/m1/s1. The summed E-state index contributed by atoms with van der Waals surface area (Å²) in [6.45, 7) is 19.6. The molecule has 2 N–H and O–H groups in total. The lowest BCUT2D eigenvalue weighted by atomic mass is 9.33. The van der Waals surface area contributed by atoms with Crippen LogP contribution in [0.4, 0.5) is 0 Å². The molecule has 0 aromatic heterocycles. The average Bonchev–Trinajstić information content (AvgIpc) is 2.67. The zero-order chi connectivity index (χ0) is 23.5. The lowest BCUT2D eigenvalue weighted by Crippen LogP contribution is -2.68. The molecule has 5 aliphatic rings. The molecule has 9 atom stereocenters. The predicted molar refractivity (Wildman–Crippen MR) is 132 cm³/mol. The lowest BCUT2D eigenvalue weighted by Gasteiger charge is -2.72. The van der Waals surface area contributed by atoms with Gasteiger partial charge in [0.2, 0.25) is 0 Å². The summed E-state index contributed by atoms with van der Waals surface area (Å²) < 4.78 is 0. The van der Waals surface area contributed by atoms with E-state index in [2.05, 4.69) is 61.5 Å². The second kappa shape index (κ2) is 6.66. The Labute approximate surface area is 197 Å². The molecule has 5 aliphatic carbocycles. The summed E-state index contributed by atoms with van der Waals surface area (Å²) in [4.78, 5) is 0. The van der Waals surface area contributed by atoms with Gasteiger partial charge in [0.25, 0.3) is 0 Å². The molecule has 5 rings (SSSR count). The second-order valence-electron chi connectivity index (χ2n) is 15.4. The van der Waals surface area contributed by atoms with Gasteiger partial charge in [0, 0.05) is 0 Å². The molecule has 0 saturated heterocycles. The molecule has 0 aliphatic heterocycles. The zero-order valence-electron chi connectivity index (χ0n) is 22.2. The van der Waals surface area contributed by atoms with Crippen LogP contribution in [0.1, 0.15) is 113 Å². The minimum absolute atomic E-state index is 0.0901. The molecule has 4 saturated carbocycles. The number of hydrogen-bond acceptors (Lipinski definition) is 2. The molecule has 1 unspecified atom stereocenters. The van der Waals surface area contributed by atoms with Gasteiger partial charge >= 0.3 is 0 Å². The monoisotopic (exact) mass is 442 g/mol. The molecular formula is C30H50O2. The molecule has 0 spiro atoms. The molecule has 0 amide bonds. The summed E-state index contributed by atoms with van der Waals surface area (Å²) in [5.41, 5.74) is 2.84. The fourth-order valence-electron chi connectivity index (χ4n) is 10.7. The first kappa shape index (κ1) is 23.4. The van der Waals surface area contributed by atoms with E-state index in [1.807, 2.05) is 0 Å². The van der Waals surface area contributed by atoms with Crippen molar-refractivity contribution in [2.45, 2.75) is 125 Å². The quantitative estimate of drug-likeness (QED) is 0.391. The average molecular weight is 443 g/mol. The highest BCUT2D eigenvalue weighted by molar-refractivity contribution is 5.34. The van der Waals surface area contributed by atoms with Gasteiger partial charge in [-0.1, -0.05) is 67.0 Å². The summed E-state index contributed by atoms with van der Waals surface area (Å²) in [5, 5.41) is 22.7. The number of allylic oxidation sites excluding steroid dienone is 2. The molecule has 182 valence electrons. The maximum atomic E-state index is 11.8. The Balaban J connectivity index is 1.60. The van der Waals surface area contributed by atoms with E-state index in [0.717, 1.165) is 19.3 Å². The van der Waals surface area contributed by atoms with E-state index in [1.54, 1.807) is 5.57 Å². The molecule has 0 heterocycles. The summed E-state index contributed by atoms with van der Waals surface area (Å²) >= 11 is 0. The fraction of sp³-hybridized carbons (Fsp3) is 0.933. The molecule has 0 aromatic rings. The second-order valence-corrected chi connectivity index (χ2v) is 15.4. The minimum atomic E-state index is -0.321. The van der Waals surface area contributed by atoms with Crippen molar-refractivity contribution in [2.75, 3.05) is 0 Å². The SMILES string of the molecule is CC1(C)CC[C@]2(C)CC[C@]3(C)C(=CC[C@@H]4[C@@]5(C)CC[C@H](O)C(C)(C)C5[C@@H](O)C[C@]43C)[C@H]2C1.